The van der Waals surface area contributed by atoms with Gasteiger partial charge >= 0.3 is 0 Å². The van der Waals surface area contributed by atoms with E-state index in [0.717, 1.165) is 27.0 Å². The molecule has 0 saturated carbocycles. The molecule has 5 rings (SSSR count). The standard InChI is InChI=1S/C43H54N3O3P/c1-28(2)45(29(3)4)41(47)38-36(43-44(10)32(9)40(49-43)33-20-14-11-15-21-33)26-27-37(39(38)42(48)46(30(5)6)31(7)8)50(34-22-16-12-17-23-34)35-24-18-13-19-25-35/h11-32,40,43H,1-10H3/t32-,40-,43-/m0/s1. The van der Waals surface area contributed by atoms with Crippen LogP contribution in [0.1, 0.15) is 106 Å². The van der Waals surface area contributed by atoms with Gasteiger partial charge in [-0.25, -0.2) is 0 Å². The molecule has 1 aliphatic heterocycles. The zero-order valence-electron chi connectivity index (χ0n) is 31.4. The van der Waals surface area contributed by atoms with Crippen molar-refractivity contribution < 1.29 is 14.3 Å². The van der Waals surface area contributed by atoms with E-state index in [-0.39, 0.29) is 48.1 Å². The third kappa shape index (κ3) is 7.44. The van der Waals surface area contributed by atoms with Gasteiger partial charge < -0.3 is 14.5 Å². The fourth-order valence-corrected chi connectivity index (χ4v) is 9.93. The maximum atomic E-state index is 15.4. The Labute approximate surface area is 301 Å². The third-order valence-electron chi connectivity index (χ3n) is 9.73. The number of likely N-dealkylation sites (N-methyl/N-ethyl adjacent to an activating group) is 1. The number of carbonyl (C=O) groups excluding carboxylic acids is 2. The predicted octanol–water partition coefficient (Wildman–Crippen LogP) is 8.05. The molecule has 1 fully saturated rings. The lowest BCUT2D eigenvalue weighted by molar-refractivity contribution is 0.00447. The second-order valence-electron chi connectivity index (χ2n) is 14.5. The molecule has 2 amide bonds. The second kappa shape index (κ2) is 16.0. The zero-order valence-corrected chi connectivity index (χ0v) is 32.3. The number of carbonyl (C=O) groups is 2. The lowest BCUT2D eigenvalue weighted by Gasteiger charge is -2.37. The smallest absolute Gasteiger partial charge is 0.255 e. The SMILES string of the molecule is CC(C)N(C(=O)c1c([C@@H]2O[C@H](c3ccccc3)[C@H](C)N2C)ccc(P(c2ccccc2)c2ccccc2)c1C(=O)N(C(C)C)C(C)C)C(C)C. The molecule has 0 N–H and O–H groups in total. The molecule has 0 unspecified atom stereocenters. The van der Waals surface area contributed by atoms with Crippen LogP contribution in [0.25, 0.3) is 0 Å². The number of rotatable bonds is 11. The predicted molar refractivity (Wildman–Crippen MR) is 208 cm³/mol. The van der Waals surface area contributed by atoms with Crippen LogP contribution in [0, 0.1) is 0 Å². The third-order valence-corrected chi connectivity index (χ3v) is 12.2. The van der Waals surface area contributed by atoms with Crippen LogP contribution >= 0.6 is 7.92 Å². The van der Waals surface area contributed by atoms with Crippen LogP contribution in [0.2, 0.25) is 0 Å². The second-order valence-corrected chi connectivity index (χ2v) is 16.6. The molecule has 0 aromatic heterocycles. The van der Waals surface area contributed by atoms with E-state index < -0.39 is 14.1 Å². The van der Waals surface area contributed by atoms with E-state index in [2.05, 4.69) is 119 Å². The fourth-order valence-electron chi connectivity index (χ4n) is 7.49. The summed E-state index contributed by atoms with van der Waals surface area (Å²) in [4.78, 5) is 36.8. The van der Waals surface area contributed by atoms with Crippen LogP contribution in [-0.4, -0.2) is 63.8 Å². The molecule has 4 aromatic rings. The fraction of sp³-hybridized carbons (Fsp3) is 0.395. The van der Waals surface area contributed by atoms with Gasteiger partial charge in [0.1, 0.15) is 12.3 Å². The van der Waals surface area contributed by atoms with Crippen molar-refractivity contribution in [3.05, 3.63) is 125 Å². The lowest BCUT2D eigenvalue weighted by Crippen LogP contribution is -2.47. The Hall–Kier alpha value is -3.83. The van der Waals surface area contributed by atoms with Crippen LogP contribution in [0.5, 0.6) is 0 Å². The maximum Gasteiger partial charge on any atom is 0.255 e. The molecule has 6 nitrogen and oxygen atoms in total. The first-order valence-electron chi connectivity index (χ1n) is 18.0. The lowest BCUT2D eigenvalue weighted by atomic mass is 9.95. The molecule has 50 heavy (non-hydrogen) atoms. The summed E-state index contributed by atoms with van der Waals surface area (Å²) in [5, 5.41) is 3.11. The van der Waals surface area contributed by atoms with E-state index in [1.165, 1.54) is 0 Å². The average Bonchev–Trinajstić information content (AvgIpc) is 3.38. The van der Waals surface area contributed by atoms with Crippen molar-refractivity contribution >= 4 is 35.6 Å². The highest BCUT2D eigenvalue weighted by atomic mass is 31.1. The molecular formula is C43H54N3O3P. The minimum atomic E-state index is -1.22. The summed E-state index contributed by atoms with van der Waals surface area (Å²) < 4.78 is 6.94. The Bertz CT molecular complexity index is 1690. The minimum absolute atomic E-state index is 0.0315. The van der Waals surface area contributed by atoms with E-state index in [0.29, 0.717) is 11.1 Å². The van der Waals surface area contributed by atoms with Crippen molar-refractivity contribution in [2.24, 2.45) is 0 Å². The van der Waals surface area contributed by atoms with E-state index in [1.807, 2.05) is 67.8 Å². The van der Waals surface area contributed by atoms with Crippen LogP contribution in [0.15, 0.2) is 103 Å². The highest BCUT2D eigenvalue weighted by Crippen LogP contribution is 2.45. The number of amides is 2. The normalized spacial score (nSPS) is 18.1. The Morgan fingerprint density at radius 1 is 0.620 bits per heavy atom. The van der Waals surface area contributed by atoms with Gasteiger partial charge in [0, 0.05) is 35.8 Å². The Balaban J connectivity index is 1.88. The summed E-state index contributed by atoms with van der Waals surface area (Å²) in [7, 11) is 0.840. The molecule has 1 aliphatic rings. The minimum Gasteiger partial charge on any atom is -0.349 e. The van der Waals surface area contributed by atoms with Gasteiger partial charge in [-0.1, -0.05) is 103 Å². The quantitative estimate of drug-likeness (QED) is 0.150. The van der Waals surface area contributed by atoms with Gasteiger partial charge in [-0.05, 0) is 98.8 Å². The van der Waals surface area contributed by atoms with Crippen molar-refractivity contribution in [2.75, 3.05) is 7.05 Å². The van der Waals surface area contributed by atoms with E-state index in [9.17, 15) is 0 Å². The van der Waals surface area contributed by atoms with Gasteiger partial charge in [-0.2, -0.15) is 0 Å². The van der Waals surface area contributed by atoms with Crippen molar-refractivity contribution in [3.63, 3.8) is 0 Å². The Kier molecular flexibility index (Phi) is 12.0. The molecular weight excluding hydrogens is 637 g/mol. The highest BCUT2D eigenvalue weighted by Gasteiger charge is 2.43. The first-order chi connectivity index (χ1) is 23.8. The summed E-state index contributed by atoms with van der Waals surface area (Å²) in [6.07, 6.45) is -0.741. The molecule has 264 valence electrons. The number of ether oxygens (including phenoxy) is 1. The summed E-state index contributed by atoms with van der Waals surface area (Å²) in [6, 6.07) is 34.9. The first-order valence-corrected chi connectivity index (χ1v) is 19.3. The topological polar surface area (TPSA) is 53.1 Å². The zero-order chi connectivity index (χ0) is 36.3. The monoisotopic (exact) mass is 691 g/mol. The molecule has 1 heterocycles. The van der Waals surface area contributed by atoms with Crippen molar-refractivity contribution in [1.29, 1.82) is 0 Å². The molecule has 0 radical (unpaired) electrons. The molecule has 1 saturated heterocycles. The van der Waals surface area contributed by atoms with Crippen LogP contribution in [0.3, 0.4) is 0 Å². The van der Waals surface area contributed by atoms with E-state index >= 15 is 9.59 Å². The highest BCUT2D eigenvalue weighted by molar-refractivity contribution is 7.80. The van der Waals surface area contributed by atoms with Gasteiger partial charge in [0.25, 0.3) is 11.8 Å². The van der Waals surface area contributed by atoms with Crippen LogP contribution in [0.4, 0.5) is 0 Å². The number of hydrogen-bond donors (Lipinski definition) is 0. The molecule has 3 atom stereocenters. The van der Waals surface area contributed by atoms with Crippen LogP contribution < -0.4 is 15.9 Å². The van der Waals surface area contributed by atoms with Gasteiger partial charge in [-0.3, -0.25) is 14.5 Å². The van der Waals surface area contributed by atoms with Crippen LogP contribution in [-0.2, 0) is 4.74 Å². The Morgan fingerprint density at radius 2 is 1.04 bits per heavy atom. The number of benzene rings is 4. The van der Waals surface area contributed by atoms with Crippen molar-refractivity contribution in [1.82, 2.24) is 14.7 Å². The van der Waals surface area contributed by atoms with Gasteiger partial charge in [0.2, 0.25) is 0 Å². The largest absolute Gasteiger partial charge is 0.349 e. The van der Waals surface area contributed by atoms with Crippen molar-refractivity contribution in [3.8, 4) is 0 Å². The Morgan fingerprint density at radius 3 is 1.48 bits per heavy atom. The number of nitrogens with zero attached hydrogens (tertiary/aromatic N) is 3. The maximum absolute atomic E-state index is 15.4. The average molecular weight is 692 g/mol. The summed E-state index contributed by atoms with van der Waals surface area (Å²) in [5.74, 6) is -0.276. The summed E-state index contributed by atoms with van der Waals surface area (Å²) >= 11 is 0. The summed E-state index contributed by atoms with van der Waals surface area (Å²) in [5.41, 5.74) is 2.74. The van der Waals surface area contributed by atoms with Gasteiger partial charge in [0.15, 0.2) is 0 Å². The molecule has 4 aromatic carbocycles. The molecule has 0 aliphatic carbocycles. The number of hydrogen-bond acceptors (Lipinski definition) is 4. The molecule has 7 heteroatoms. The van der Waals surface area contributed by atoms with E-state index in [1.54, 1.807) is 0 Å². The van der Waals surface area contributed by atoms with Gasteiger partial charge in [0.05, 0.1) is 11.1 Å². The summed E-state index contributed by atoms with van der Waals surface area (Å²) in [6.45, 7) is 18.5. The van der Waals surface area contributed by atoms with Gasteiger partial charge in [-0.15, -0.1) is 0 Å². The van der Waals surface area contributed by atoms with E-state index in [4.69, 9.17) is 4.74 Å². The van der Waals surface area contributed by atoms with Crippen molar-refractivity contribution in [2.45, 2.75) is 105 Å². The molecule has 0 spiro atoms. The molecule has 0 bridgehead atoms. The first kappa shape index (κ1) is 37.4.